The highest BCUT2D eigenvalue weighted by Crippen LogP contribution is 2.21. The Labute approximate surface area is 186 Å². The highest BCUT2D eigenvalue weighted by Gasteiger charge is 2.19. The zero-order chi connectivity index (χ0) is 22.6. The van der Waals surface area contributed by atoms with E-state index < -0.39 is 20.7 Å². The second-order valence-electron chi connectivity index (χ2n) is 7.36. The molecular weight excluding hydrogens is 434 g/mol. The number of hydrogen-bond donors (Lipinski definition) is 1. The van der Waals surface area contributed by atoms with Crippen LogP contribution in [0.5, 0.6) is 0 Å². The summed E-state index contributed by atoms with van der Waals surface area (Å²) in [6.07, 6.45) is 3.09. The summed E-state index contributed by atoms with van der Waals surface area (Å²) < 4.78 is 35.9. The molecule has 9 heteroatoms. The minimum atomic E-state index is -3.37. The van der Waals surface area contributed by atoms with E-state index in [1.54, 1.807) is 19.1 Å². The van der Waals surface area contributed by atoms with Crippen LogP contribution in [-0.4, -0.2) is 63.1 Å². The van der Waals surface area contributed by atoms with Crippen LogP contribution in [0, 0.1) is 4.51 Å². The first-order chi connectivity index (χ1) is 14.8. The number of fused-ring (bicyclic) bond motifs is 2. The number of nitrogens with zero attached hydrogens (tertiary/aromatic N) is 2. The van der Waals surface area contributed by atoms with Crippen molar-refractivity contribution in [3.05, 3.63) is 55.9 Å². The molecule has 0 fully saturated rings. The van der Waals surface area contributed by atoms with E-state index in [1.807, 2.05) is 23.6 Å². The molecule has 1 aromatic heterocycles. The Kier molecular flexibility index (Phi) is 7.87. The maximum Gasteiger partial charge on any atom is 0.211 e. The van der Waals surface area contributed by atoms with E-state index in [-0.39, 0.29) is 12.0 Å². The van der Waals surface area contributed by atoms with Crippen LogP contribution in [0.1, 0.15) is 20.8 Å². The largest absolute Gasteiger partial charge is 0.455 e. The van der Waals surface area contributed by atoms with Gasteiger partial charge in [-0.3, -0.25) is 9.52 Å². The van der Waals surface area contributed by atoms with Gasteiger partial charge in [-0.1, -0.05) is 43.6 Å². The van der Waals surface area contributed by atoms with Crippen LogP contribution in [-0.2, 0) is 10.0 Å². The molecule has 0 spiro atoms. The molecule has 1 aromatic carbocycles. The lowest BCUT2D eigenvalue weighted by atomic mass is 10.2. The third-order valence-corrected chi connectivity index (χ3v) is 8.48. The van der Waals surface area contributed by atoms with Gasteiger partial charge in [0.15, 0.2) is 0 Å². The van der Waals surface area contributed by atoms with Gasteiger partial charge in [-0.05, 0) is 36.7 Å². The molecule has 0 aliphatic carbocycles. The van der Waals surface area contributed by atoms with E-state index in [4.69, 9.17) is 4.42 Å². The van der Waals surface area contributed by atoms with Crippen LogP contribution in [0.25, 0.3) is 16.5 Å². The number of benzene rings is 1. The highest BCUT2D eigenvalue weighted by molar-refractivity contribution is 8.10. The Morgan fingerprint density at radius 3 is 2.45 bits per heavy atom. The summed E-state index contributed by atoms with van der Waals surface area (Å²) in [5, 5.41) is 2.50. The van der Waals surface area contributed by atoms with Crippen molar-refractivity contribution in [2.45, 2.75) is 20.8 Å². The van der Waals surface area contributed by atoms with Crippen LogP contribution < -0.4 is 15.6 Å². The third-order valence-electron chi connectivity index (χ3n) is 5.42. The monoisotopic (exact) mass is 465 g/mol. The maximum atomic E-state index is 13.4. The van der Waals surface area contributed by atoms with Crippen LogP contribution in [0.3, 0.4) is 0 Å². The van der Waals surface area contributed by atoms with E-state index in [0.717, 1.165) is 26.2 Å². The molecule has 2 heterocycles. The molecule has 0 saturated carbocycles. The molecule has 1 aliphatic rings. The van der Waals surface area contributed by atoms with Gasteiger partial charge in [-0.15, -0.1) is 0 Å². The minimum Gasteiger partial charge on any atom is -0.455 e. The second-order valence-corrected chi connectivity index (χ2v) is 11.0. The van der Waals surface area contributed by atoms with Crippen molar-refractivity contribution >= 4 is 37.2 Å². The number of rotatable bonds is 10. The van der Waals surface area contributed by atoms with Crippen molar-refractivity contribution in [1.82, 2.24) is 13.9 Å². The molecule has 31 heavy (non-hydrogen) atoms. The van der Waals surface area contributed by atoms with E-state index >= 15 is 0 Å². The maximum absolute atomic E-state index is 13.4. The Bertz CT molecular complexity index is 1260. The molecule has 0 saturated heterocycles. The minimum absolute atomic E-state index is 0.0697. The normalized spacial score (nSPS) is 16.5. The van der Waals surface area contributed by atoms with Gasteiger partial charge in [-0.2, -0.15) is 4.31 Å². The molecule has 0 radical (unpaired) electrons. The lowest BCUT2D eigenvalue weighted by Gasteiger charge is -2.21. The topological polar surface area (TPSA) is 82.9 Å². The van der Waals surface area contributed by atoms with Crippen molar-refractivity contribution in [3.63, 3.8) is 0 Å². The zero-order valence-electron chi connectivity index (χ0n) is 18.6. The van der Waals surface area contributed by atoms with Gasteiger partial charge in [0.1, 0.15) is 15.5 Å². The number of nitrogens with one attached hydrogen (secondary N) is 1. The van der Waals surface area contributed by atoms with Gasteiger partial charge in [0, 0.05) is 31.8 Å². The summed E-state index contributed by atoms with van der Waals surface area (Å²) in [7, 11) is -3.99. The van der Waals surface area contributed by atoms with Crippen LogP contribution >= 0.6 is 10.7 Å². The van der Waals surface area contributed by atoms with E-state index in [0.29, 0.717) is 33.0 Å². The summed E-state index contributed by atoms with van der Waals surface area (Å²) in [6, 6.07) is 7.19. The predicted molar refractivity (Wildman–Crippen MR) is 129 cm³/mol. The first-order valence-electron chi connectivity index (χ1n) is 10.5. The summed E-state index contributed by atoms with van der Waals surface area (Å²) >= 11 is 0. The molecule has 1 N–H and O–H groups in total. The number of sulfonamides is 1. The SMILES string of the molecule is CCN(CC)CCNS1=c2c(oc3ccccc3c2=O)=C(CN(CC)S(C)(=O)=O)C=C1. The Morgan fingerprint density at radius 2 is 1.81 bits per heavy atom. The molecule has 0 amide bonds. The second kappa shape index (κ2) is 10.2. The average molecular weight is 466 g/mol. The van der Waals surface area contributed by atoms with Crippen LogP contribution in [0.15, 0.2) is 45.0 Å². The standard InChI is InChI=1S/C22H31N3O4S2/c1-5-24(6-2)14-13-23-30-15-12-17(16-25(7-3)31(4,27)28)21-22(30)20(26)18-10-8-9-11-19(18)29-21/h8-12,15,23H,5-7,13-14,16H2,1-4H3. The lowest BCUT2D eigenvalue weighted by Crippen LogP contribution is -2.34. The highest BCUT2D eigenvalue weighted by atomic mass is 32.2. The predicted octanol–water partition coefficient (Wildman–Crippen LogP) is 2.12. The molecule has 1 atom stereocenters. The van der Waals surface area contributed by atoms with Gasteiger partial charge >= 0.3 is 0 Å². The molecule has 1 unspecified atom stereocenters. The molecular formula is C22H31N3O4S2. The lowest BCUT2D eigenvalue weighted by molar-refractivity contribution is 0.310. The average Bonchev–Trinajstić information content (AvgIpc) is 2.75. The Balaban J connectivity index is 2.17. The van der Waals surface area contributed by atoms with Crippen molar-refractivity contribution in [2.75, 3.05) is 45.5 Å². The van der Waals surface area contributed by atoms with Crippen molar-refractivity contribution in [1.29, 1.82) is 0 Å². The first kappa shape index (κ1) is 23.9. The molecule has 7 nitrogen and oxygen atoms in total. The number of likely N-dealkylation sites (N-methyl/N-ethyl adjacent to an activating group) is 1. The quantitative estimate of drug-likeness (QED) is 0.541. The van der Waals surface area contributed by atoms with Crippen molar-refractivity contribution in [3.8, 4) is 0 Å². The van der Waals surface area contributed by atoms with Gasteiger partial charge in [0.05, 0.1) is 11.6 Å². The van der Waals surface area contributed by atoms with Gasteiger partial charge in [0.2, 0.25) is 15.5 Å². The van der Waals surface area contributed by atoms with Crippen LogP contribution in [0.2, 0.25) is 0 Å². The summed E-state index contributed by atoms with van der Waals surface area (Å²) in [4.78, 5) is 15.7. The molecule has 3 rings (SSSR count). The molecule has 2 aromatic rings. The fraction of sp³-hybridized carbons (Fsp3) is 0.455. The Morgan fingerprint density at radius 1 is 1.10 bits per heavy atom. The van der Waals surface area contributed by atoms with Crippen molar-refractivity contribution in [2.24, 2.45) is 0 Å². The smallest absolute Gasteiger partial charge is 0.211 e. The zero-order valence-corrected chi connectivity index (χ0v) is 20.2. The third kappa shape index (κ3) is 5.35. The molecule has 1 aliphatic heterocycles. The van der Waals surface area contributed by atoms with Gasteiger partial charge < -0.3 is 9.32 Å². The van der Waals surface area contributed by atoms with Gasteiger partial charge in [0.25, 0.3) is 0 Å². The fourth-order valence-corrected chi connectivity index (χ4v) is 6.09. The van der Waals surface area contributed by atoms with E-state index in [9.17, 15) is 13.2 Å². The summed E-state index contributed by atoms with van der Waals surface area (Å²) in [5.41, 5.74) is 1.61. The summed E-state index contributed by atoms with van der Waals surface area (Å²) in [6.45, 7) is 10.1. The number of para-hydroxylation sites is 1. The van der Waals surface area contributed by atoms with E-state index in [1.165, 1.54) is 10.6 Å². The fourth-order valence-electron chi connectivity index (χ4n) is 3.58. The molecule has 0 bridgehead atoms. The van der Waals surface area contributed by atoms with Gasteiger partial charge in [-0.25, -0.2) is 8.42 Å². The van der Waals surface area contributed by atoms with Crippen LogP contribution in [0.4, 0.5) is 0 Å². The first-order valence-corrected chi connectivity index (χ1v) is 13.7. The number of hydrogen-bond acceptors (Lipinski definition) is 6. The Hall–Kier alpha value is -1.78. The molecule has 170 valence electrons. The summed E-state index contributed by atoms with van der Waals surface area (Å²) in [5.74, 6) is 0. The van der Waals surface area contributed by atoms with Crippen molar-refractivity contribution < 1.29 is 12.8 Å². The van der Waals surface area contributed by atoms with E-state index in [2.05, 4.69) is 23.5 Å².